The van der Waals surface area contributed by atoms with Crippen LogP contribution in [-0.2, 0) is 6.54 Å². The number of hydrogen-bond donors (Lipinski definition) is 1. The van der Waals surface area contributed by atoms with Crippen LogP contribution in [0.4, 0.5) is 5.69 Å². The zero-order chi connectivity index (χ0) is 13.0. The van der Waals surface area contributed by atoms with E-state index in [1.165, 1.54) is 0 Å². The molecule has 0 aliphatic carbocycles. The fourth-order valence-electron chi connectivity index (χ4n) is 1.76. The van der Waals surface area contributed by atoms with Gasteiger partial charge in [-0.1, -0.05) is 32.1 Å². The molecule has 0 unspecified atom stereocenters. The summed E-state index contributed by atoms with van der Waals surface area (Å²) in [6.45, 7) is 5.26. The summed E-state index contributed by atoms with van der Waals surface area (Å²) in [5.41, 5.74) is 7.56. The highest BCUT2D eigenvalue weighted by atomic mass is 15.3. The second-order valence-corrected chi connectivity index (χ2v) is 4.74. The molecular formula is C14H18N4. The van der Waals surface area contributed by atoms with Crippen LogP contribution in [0.2, 0.25) is 0 Å². The molecule has 4 nitrogen and oxygen atoms in total. The maximum absolute atomic E-state index is 5.74. The third-order valence-electron chi connectivity index (χ3n) is 2.54. The van der Waals surface area contributed by atoms with Gasteiger partial charge in [0.1, 0.15) is 6.33 Å². The average Bonchev–Trinajstić information content (AvgIpc) is 2.73. The Balaban J connectivity index is 2.16. The van der Waals surface area contributed by atoms with E-state index in [-0.39, 0.29) is 0 Å². The van der Waals surface area contributed by atoms with E-state index in [2.05, 4.69) is 24.0 Å². The molecule has 1 aromatic carbocycles. The van der Waals surface area contributed by atoms with Gasteiger partial charge in [0.15, 0.2) is 5.82 Å². The van der Waals surface area contributed by atoms with Gasteiger partial charge >= 0.3 is 0 Å². The molecule has 2 rings (SSSR count). The molecule has 0 saturated heterocycles. The van der Waals surface area contributed by atoms with Gasteiger partial charge in [-0.15, -0.1) is 10.2 Å². The van der Waals surface area contributed by atoms with Gasteiger partial charge in [-0.2, -0.15) is 0 Å². The molecule has 0 atom stereocenters. The summed E-state index contributed by atoms with van der Waals surface area (Å²) in [7, 11) is 0. The van der Waals surface area contributed by atoms with E-state index in [0.717, 1.165) is 23.6 Å². The lowest BCUT2D eigenvalue weighted by atomic mass is 10.2. The smallest absolute Gasteiger partial charge is 0.156 e. The first-order valence-electron chi connectivity index (χ1n) is 6.06. The van der Waals surface area contributed by atoms with E-state index >= 15 is 0 Å². The number of nitrogens with zero attached hydrogens (tertiary/aromatic N) is 3. The Bertz CT molecular complexity index is 540. The van der Waals surface area contributed by atoms with Crippen LogP contribution in [0.1, 0.15) is 25.2 Å². The third-order valence-corrected chi connectivity index (χ3v) is 2.54. The molecule has 0 radical (unpaired) electrons. The van der Waals surface area contributed by atoms with Crippen LogP contribution in [-0.4, -0.2) is 14.8 Å². The van der Waals surface area contributed by atoms with Gasteiger partial charge in [-0.05, 0) is 29.7 Å². The molecule has 0 amide bonds. The lowest BCUT2D eigenvalue weighted by molar-refractivity contribution is 0.519. The predicted octanol–water partition coefficient (Wildman–Crippen LogP) is 2.69. The minimum atomic E-state index is 0.570. The summed E-state index contributed by atoms with van der Waals surface area (Å²) >= 11 is 0. The first-order chi connectivity index (χ1) is 8.65. The number of nitrogen functional groups attached to an aromatic ring is 1. The number of anilines is 1. The maximum atomic E-state index is 5.74. The van der Waals surface area contributed by atoms with Crippen molar-refractivity contribution in [2.45, 2.75) is 20.4 Å². The van der Waals surface area contributed by atoms with Gasteiger partial charge in [-0.25, -0.2) is 0 Å². The molecule has 0 bridgehead atoms. The van der Waals surface area contributed by atoms with Gasteiger partial charge in [0.05, 0.1) is 0 Å². The van der Waals surface area contributed by atoms with Crippen LogP contribution in [0.5, 0.6) is 0 Å². The Morgan fingerprint density at radius 3 is 2.89 bits per heavy atom. The average molecular weight is 242 g/mol. The number of rotatable bonds is 4. The molecule has 1 aromatic heterocycles. The summed E-state index contributed by atoms with van der Waals surface area (Å²) in [4.78, 5) is 0. The fraction of sp³-hybridized carbons (Fsp3) is 0.286. The van der Waals surface area contributed by atoms with Crippen molar-refractivity contribution in [2.24, 2.45) is 5.92 Å². The Morgan fingerprint density at radius 2 is 2.17 bits per heavy atom. The highest BCUT2D eigenvalue weighted by Crippen LogP contribution is 2.11. The SMILES string of the molecule is CC(C)Cn1cnnc1/C=C/c1cccc(N)c1. The van der Waals surface area contributed by atoms with Crippen LogP contribution in [0.25, 0.3) is 12.2 Å². The van der Waals surface area contributed by atoms with Crippen LogP contribution in [0.15, 0.2) is 30.6 Å². The third kappa shape index (κ3) is 3.20. The van der Waals surface area contributed by atoms with Crippen LogP contribution >= 0.6 is 0 Å². The second-order valence-electron chi connectivity index (χ2n) is 4.74. The van der Waals surface area contributed by atoms with E-state index in [9.17, 15) is 0 Å². The largest absolute Gasteiger partial charge is 0.399 e. The molecule has 2 aromatic rings. The Kier molecular flexibility index (Phi) is 3.77. The zero-order valence-electron chi connectivity index (χ0n) is 10.7. The molecule has 4 heteroatoms. The quantitative estimate of drug-likeness (QED) is 0.839. The molecule has 0 aliphatic rings. The highest BCUT2D eigenvalue weighted by molar-refractivity contribution is 5.68. The van der Waals surface area contributed by atoms with Crippen LogP contribution < -0.4 is 5.73 Å². The number of nitrogens with two attached hydrogens (primary N) is 1. The molecule has 0 spiro atoms. The first kappa shape index (κ1) is 12.4. The van der Waals surface area contributed by atoms with Crippen molar-refractivity contribution in [1.82, 2.24) is 14.8 Å². The Morgan fingerprint density at radius 1 is 1.33 bits per heavy atom. The Labute approximate surface area is 107 Å². The topological polar surface area (TPSA) is 56.7 Å². The van der Waals surface area contributed by atoms with E-state index < -0.39 is 0 Å². The van der Waals surface area contributed by atoms with Crippen molar-refractivity contribution in [1.29, 1.82) is 0 Å². The molecule has 0 aliphatic heterocycles. The van der Waals surface area contributed by atoms with Gasteiger partial charge in [0.25, 0.3) is 0 Å². The molecular weight excluding hydrogens is 224 g/mol. The molecule has 0 fully saturated rings. The first-order valence-corrected chi connectivity index (χ1v) is 6.06. The van der Waals surface area contributed by atoms with E-state index in [4.69, 9.17) is 5.73 Å². The van der Waals surface area contributed by atoms with Gasteiger partial charge in [-0.3, -0.25) is 0 Å². The standard InChI is InChI=1S/C14H18N4/c1-11(2)9-18-10-16-17-14(18)7-6-12-4-3-5-13(15)8-12/h3-8,10-11H,9,15H2,1-2H3/b7-6+. The molecule has 2 N–H and O–H groups in total. The second kappa shape index (κ2) is 5.49. The zero-order valence-corrected chi connectivity index (χ0v) is 10.7. The molecule has 18 heavy (non-hydrogen) atoms. The van der Waals surface area contributed by atoms with Gasteiger partial charge in [0.2, 0.25) is 0 Å². The number of hydrogen-bond acceptors (Lipinski definition) is 3. The Hall–Kier alpha value is -2.10. The van der Waals surface area contributed by atoms with Crippen molar-refractivity contribution in [2.75, 3.05) is 5.73 Å². The molecule has 1 heterocycles. The fourth-order valence-corrected chi connectivity index (χ4v) is 1.76. The van der Waals surface area contributed by atoms with Crippen molar-refractivity contribution in [3.8, 4) is 0 Å². The number of benzene rings is 1. The summed E-state index contributed by atoms with van der Waals surface area (Å²) in [6, 6.07) is 7.75. The highest BCUT2D eigenvalue weighted by Gasteiger charge is 2.02. The minimum Gasteiger partial charge on any atom is -0.399 e. The van der Waals surface area contributed by atoms with Crippen molar-refractivity contribution >= 4 is 17.8 Å². The number of aromatic nitrogens is 3. The predicted molar refractivity (Wildman–Crippen MR) is 74.6 cm³/mol. The van der Waals surface area contributed by atoms with E-state index in [0.29, 0.717) is 5.92 Å². The summed E-state index contributed by atoms with van der Waals surface area (Å²) < 4.78 is 2.05. The normalized spacial score (nSPS) is 11.5. The van der Waals surface area contributed by atoms with Gasteiger partial charge < -0.3 is 10.3 Å². The van der Waals surface area contributed by atoms with Crippen LogP contribution in [0.3, 0.4) is 0 Å². The summed E-state index contributed by atoms with van der Waals surface area (Å²) in [5, 5.41) is 8.04. The van der Waals surface area contributed by atoms with Crippen molar-refractivity contribution in [3.05, 3.63) is 42.0 Å². The monoisotopic (exact) mass is 242 g/mol. The summed E-state index contributed by atoms with van der Waals surface area (Å²) in [6.07, 6.45) is 5.72. The molecule has 0 saturated carbocycles. The van der Waals surface area contributed by atoms with Gasteiger partial charge in [0, 0.05) is 12.2 Å². The van der Waals surface area contributed by atoms with Crippen molar-refractivity contribution in [3.63, 3.8) is 0 Å². The van der Waals surface area contributed by atoms with Crippen molar-refractivity contribution < 1.29 is 0 Å². The van der Waals surface area contributed by atoms with E-state index in [1.807, 2.05) is 41.0 Å². The summed E-state index contributed by atoms with van der Waals surface area (Å²) in [5.74, 6) is 1.44. The maximum Gasteiger partial charge on any atom is 0.156 e. The van der Waals surface area contributed by atoms with E-state index in [1.54, 1.807) is 6.33 Å². The molecule has 94 valence electrons. The lowest BCUT2D eigenvalue weighted by Gasteiger charge is -2.06. The van der Waals surface area contributed by atoms with Crippen LogP contribution in [0, 0.1) is 5.92 Å². The lowest BCUT2D eigenvalue weighted by Crippen LogP contribution is -2.04. The minimum absolute atomic E-state index is 0.570.